The molecule has 20 heavy (non-hydrogen) atoms. The molecular formula is C14H28O6. The first kappa shape index (κ1) is 21.2. The zero-order chi connectivity index (χ0) is 16.4. The molecule has 0 heterocycles. The SMILES string of the molecule is COCC(C)(C)C(=O)OC.COCC(C)(C)C(=O)OC. The van der Waals surface area contributed by atoms with E-state index in [4.69, 9.17) is 9.47 Å². The normalized spacial score (nSPS) is 11.2. The summed E-state index contributed by atoms with van der Waals surface area (Å²) in [6.07, 6.45) is 0. The molecule has 6 heteroatoms. The molecule has 0 aliphatic rings. The molecule has 120 valence electrons. The second-order valence-corrected chi connectivity index (χ2v) is 5.62. The summed E-state index contributed by atoms with van der Waals surface area (Å²) >= 11 is 0. The quantitative estimate of drug-likeness (QED) is 0.693. The Bertz CT molecular complexity index is 266. The molecular weight excluding hydrogens is 264 g/mol. The molecule has 0 fully saturated rings. The van der Waals surface area contributed by atoms with Crippen LogP contribution in [0.4, 0.5) is 0 Å². The van der Waals surface area contributed by atoms with Crippen LogP contribution in [0.3, 0.4) is 0 Å². The molecule has 0 N–H and O–H groups in total. The monoisotopic (exact) mass is 292 g/mol. The van der Waals surface area contributed by atoms with Gasteiger partial charge in [-0.2, -0.15) is 0 Å². The van der Waals surface area contributed by atoms with Gasteiger partial charge in [-0.3, -0.25) is 9.59 Å². The first-order valence-electron chi connectivity index (χ1n) is 6.23. The summed E-state index contributed by atoms with van der Waals surface area (Å²) in [5.74, 6) is -0.483. The number of rotatable bonds is 6. The summed E-state index contributed by atoms with van der Waals surface area (Å²) in [5, 5.41) is 0. The maximum atomic E-state index is 10.9. The third kappa shape index (κ3) is 8.12. The minimum absolute atomic E-state index is 0.241. The van der Waals surface area contributed by atoms with Crippen molar-refractivity contribution in [2.75, 3.05) is 41.7 Å². The van der Waals surface area contributed by atoms with Crippen molar-refractivity contribution in [2.45, 2.75) is 27.7 Å². The lowest BCUT2D eigenvalue weighted by Gasteiger charge is -2.19. The van der Waals surface area contributed by atoms with Crippen LogP contribution in [0, 0.1) is 10.8 Å². The fourth-order valence-electron chi connectivity index (χ4n) is 1.39. The second kappa shape index (κ2) is 9.72. The Labute approximate surface area is 121 Å². The van der Waals surface area contributed by atoms with E-state index < -0.39 is 10.8 Å². The Kier molecular flexibility index (Phi) is 10.3. The first-order valence-corrected chi connectivity index (χ1v) is 6.23. The van der Waals surface area contributed by atoms with Gasteiger partial charge in [0.1, 0.15) is 0 Å². The van der Waals surface area contributed by atoms with E-state index in [1.165, 1.54) is 14.2 Å². The zero-order valence-corrected chi connectivity index (χ0v) is 13.9. The standard InChI is InChI=1S/2C7H14O3/c2*1-7(2,5-9-3)6(8)10-4/h2*5H2,1-4H3. The number of esters is 2. The molecule has 0 spiro atoms. The summed E-state index contributed by atoms with van der Waals surface area (Å²) in [5.41, 5.74) is -1.05. The predicted molar refractivity (Wildman–Crippen MR) is 75.3 cm³/mol. The molecule has 0 amide bonds. The topological polar surface area (TPSA) is 71.1 Å². The average Bonchev–Trinajstić information content (AvgIpc) is 2.37. The highest BCUT2D eigenvalue weighted by Gasteiger charge is 2.28. The Morgan fingerprint density at radius 3 is 1.10 bits per heavy atom. The molecule has 0 radical (unpaired) electrons. The van der Waals surface area contributed by atoms with Crippen molar-refractivity contribution in [1.29, 1.82) is 0 Å². The van der Waals surface area contributed by atoms with E-state index in [0.717, 1.165) is 0 Å². The van der Waals surface area contributed by atoms with Gasteiger partial charge in [0.05, 0.1) is 38.3 Å². The van der Waals surface area contributed by atoms with Gasteiger partial charge in [0.25, 0.3) is 0 Å². The van der Waals surface area contributed by atoms with Gasteiger partial charge in [0, 0.05) is 14.2 Å². The summed E-state index contributed by atoms with van der Waals surface area (Å²) < 4.78 is 18.8. The van der Waals surface area contributed by atoms with E-state index in [-0.39, 0.29) is 11.9 Å². The van der Waals surface area contributed by atoms with Crippen LogP contribution >= 0.6 is 0 Å². The Morgan fingerprint density at radius 1 is 0.700 bits per heavy atom. The average molecular weight is 292 g/mol. The molecule has 0 aliphatic carbocycles. The van der Waals surface area contributed by atoms with Crippen LogP contribution in [0.15, 0.2) is 0 Å². The van der Waals surface area contributed by atoms with Crippen molar-refractivity contribution in [2.24, 2.45) is 10.8 Å². The van der Waals surface area contributed by atoms with Crippen LogP contribution in [0.5, 0.6) is 0 Å². The van der Waals surface area contributed by atoms with E-state index in [1.807, 2.05) is 0 Å². The van der Waals surface area contributed by atoms with E-state index in [1.54, 1.807) is 41.9 Å². The Hall–Kier alpha value is -1.14. The molecule has 0 rings (SSSR count). The Morgan fingerprint density at radius 2 is 0.950 bits per heavy atom. The number of hydrogen-bond acceptors (Lipinski definition) is 6. The molecule has 0 aromatic carbocycles. The fourth-order valence-corrected chi connectivity index (χ4v) is 1.39. The summed E-state index contributed by atoms with van der Waals surface area (Å²) in [6.45, 7) is 7.90. The van der Waals surface area contributed by atoms with Crippen molar-refractivity contribution >= 4 is 11.9 Å². The van der Waals surface area contributed by atoms with Gasteiger partial charge in [0.15, 0.2) is 0 Å². The van der Waals surface area contributed by atoms with Crippen LogP contribution in [-0.4, -0.2) is 53.6 Å². The molecule has 0 aliphatic heterocycles. The molecule has 0 saturated heterocycles. The highest BCUT2D eigenvalue weighted by Crippen LogP contribution is 2.17. The number of methoxy groups -OCH3 is 4. The second-order valence-electron chi connectivity index (χ2n) is 5.62. The van der Waals surface area contributed by atoms with Crippen molar-refractivity contribution in [3.05, 3.63) is 0 Å². The number of carbonyl (C=O) groups excluding carboxylic acids is 2. The molecule has 0 atom stereocenters. The minimum Gasteiger partial charge on any atom is -0.469 e. The minimum atomic E-state index is -0.524. The van der Waals surface area contributed by atoms with E-state index in [0.29, 0.717) is 13.2 Å². The van der Waals surface area contributed by atoms with E-state index >= 15 is 0 Å². The van der Waals surface area contributed by atoms with Crippen LogP contribution in [0.25, 0.3) is 0 Å². The predicted octanol–water partition coefficient (Wildman–Crippen LogP) is 1.66. The molecule has 6 nitrogen and oxygen atoms in total. The van der Waals surface area contributed by atoms with E-state index in [9.17, 15) is 9.59 Å². The molecule has 0 aromatic heterocycles. The smallest absolute Gasteiger partial charge is 0.313 e. The van der Waals surface area contributed by atoms with Gasteiger partial charge in [-0.25, -0.2) is 0 Å². The highest BCUT2D eigenvalue weighted by atomic mass is 16.5. The van der Waals surface area contributed by atoms with Crippen LogP contribution in [0.1, 0.15) is 27.7 Å². The molecule has 0 bridgehead atoms. The fraction of sp³-hybridized carbons (Fsp3) is 0.857. The van der Waals surface area contributed by atoms with Crippen LogP contribution in [0.2, 0.25) is 0 Å². The summed E-state index contributed by atoms with van der Waals surface area (Å²) in [4.78, 5) is 21.8. The maximum absolute atomic E-state index is 10.9. The Balaban J connectivity index is 0. The van der Waals surface area contributed by atoms with Crippen LogP contribution in [-0.2, 0) is 28.5 Å². The van der Waals surface area contributed by atoms with Gasteiger partial charge in [-0.05, 0) is 27.7 Å². The largest absolute Gasteiger partial charge is 0.469 e. The lowest BCUT2D eigenvalue weighted by Crippen LogP contribution is -2.30. The molecule has 0 saturated carbocycles. The van der Waals surface area contributed by atoms with Crippen molar-refractivity contribution in [1.82, 2.24) is 0 Å². The van der Waals surface area contributed by atoms with E-state index in [2.05, 4.69) is 9.47 Å². The van der Waals surface area contributed by atoms with Crippen molar-refractivity contribution in [3.8, 4) is 0 Å². The van der Waals surface area contributed by atoms with Gasteiger partial charge < -0.3 is 18.9 Å². The zero-order valence-electron chi connectivity index (χ0n) is 13.9. The lowest BCUT2D eigenvalue weighted by atomic mass is 9.95. The summed E-state index contributed by atoms with van der Waals surface area (Å²) in [7, 11) is 5.87. The number of ether oxygens (including phenoxy) is 4. The number of hydrogen-bond donors (Lipinski definition) is 0. The summed E-state index contributed by atoms with van der Waals surface area (Å²) in [6, 6.07) is 0. The molecule has 0 aromatic rings. The van der Waals surface area contributed by atoms with Crippen molar-refractivity contribution in [3.63, 3.8) is 0 Å². The third-order valence-corrected chi connectivity index (χ3v) is 2.49. The van der Waals surface area contributed by atoms with Gasteiger partial charge in [0.2, 0.25) is 0 Å². The number of carbonyl (C=O) groups is 2. The van der Waals surface area contributed by atoms with Gasteiger partial charge in [-0.1, -0.05) is 0 Å². The van der Waals surface area contributed by atoms with Crippen molar-refractivity contribution < 1.29 is 28.5 Å². The lowest BCUT2D eigenvalue weighted by molar-refractivity contribution is -0.154. The van der Waals surface area contributed by atoms with Gasteiger partial charge in [-0.15, -0.1) is 0 Å². The maximum Gasteiger partial charge on any atom is 0.313 e. The highest BCUT2D eigenvalue weighted by molar-refractivity contribution is 5.76. The third-order valence-electron chi connectivity index (χ3n) is 2.49. The first-order chi connectivity index (χ1) is 9.08. The molecule has 0 unspecified atom stereocenters. The van der Waals surface area contributed by atoms with Crippen LogP contribution < -0.4 is 0 Å². The van der Waals surface area contributed by atoms with Gasteiger partial charge >= 0.3 is 11.9 Å².